The lowest BCUT2D eigenvalue weighted by Gasteiger charge is -2.26. The molecule has 0 spiro atoms. The first kappa shape index (κ1) is 12.3. The molecule has 3 N–H and O–H groups in total. The molecular weight excluding hydrogens is 246 g/mol. The highest BCUT2D eigenvalue weighted by Crippen LogP contribution is 2.38. The number of aliphatic hydroxyl groups is 1. The average molecular weight is 263 g/mol. The number of rotatable bonds is 3. The van der Waals surface area contributed by atoms with Gasteiger partial charge in [-0.15, -0.1) is 0 Å². The van der Waals surface area contributed by atoms with Crippen LogP contribution in [0.3, 0.4) is 0 Å². The van der Waals surface area contributed by atoms with Gasteiger partial charge in [0.25, 0.3) is 0 Å². The summed E-state index contributed by atoms with van der Waals surface area (Å²) in [5.74, 6) is 1.32. The molecule has 0 bridgehead atoms. The zero-order chi connectivity index (χ0) is 13.4. The highest BCUT2D eigenvalue weighted by molar-refractivity contribution is 5.87. The minimum atomic E-state index is -0.336. The molecule has 102 valence electrons. The van der Waals surface area contributed by atoms with Gasteiger partial charge in [0.05, 0.1) is 19.3 Å². The first-order chi connectivity index (χ1) is 9.19. The minimum absolute atomic E-state index is 0.00268. The van der Waals surface area contributed by atoms with Gasteiger partial charge in [0.2, 0.25) is 0 Å². The number of aliphatic hydroxyl groups excluding tert-OH is 1. The molecular formula is C13H17N3O3. The number of ether oxygens (including phenoxy) is 2. The average Bonchev–Trinajstić information content (AvgIpc) is 2.81. The minimum Gasteiger partial charge on any atom is -0.486 e. The van der Waals surface area contributed by atoms with Gasteiger partial charge in [0, 0.05) is 11.4 Å². The van der Waals surface area contributed by atoms with E-state index in [0.29, 0.717) is 24.7 Å². The van der Waals surface area contributed by atoms with E-state index in [1.807, 2.05) is 23.7 Å². The number of aromatic nitrogens is 2. The molecule has 2 heterocycles. The van der Waals surface area contributed by atoms with E-state index in [1.54, 1.807) is 6.20 Å². The molecule has 3 rings (SSSR count). The zero-order valence-electron chi connectivity index (χ0n) is 10.7. The Kier molecular flexibility index (Phi) is 3.04. The van der Waals surface area contributed by atoms with Gasteiger partial charge < -0.3 is 20.3 Å². The van der Waals surface area contributed by atoms with E-state index >= 15 is 0 Å². The molecule has 19 heavy (non-hydrogen) atoms. The third kappa shape index (κ3) is 2.13. The third-order valence-electron chi connectivity index (χ3n) is 3.09. The molecule has 0 fully saturated rings. The summed E-state index contributed by atoms with van der Waals surface area (Å²) in [6.45, 7) is 2.82. The van der Waals surface area contributed by atoms with Crippen LogP contribution in [-0.2, 0) is 6.54 Å². The van der Waals surface area contributed by atoms with Gasteiger partial charge in [0.1, 0.15) is 12.1 Å². The molecule has 0 saturated heterocycles. The number of hydrogen-bond donors (Lipinski definition) is 2. The summed E-state index contributed by atoms with van der Waals surface area (Å²) in [7, 11) is 0. The number of hydrogen-bond acceptors (Lipinski definition) is 5. The van der Waals surface area contributed by atoms with Crippen LogP contribution in [0.5, 0.6) is 11.5 Å². The quantitative estimate of drug-likeness (QED) is 0.843. The van der Waals surface area contributed by atoms with Crippen molar-refractivity contribution in [3.05, 3.63) is 18.3 Å². The summed E-state index contributed by atoms with van der Waals surface area (Å²) in [4.78, 5) is 0. The molecule has 0 unspecified atom stereocenters. The van der Waals surface area contributed by atoms with Crippen molar-refractivity contribution >= 4 is 10.9 Å². The SMILES string of the molecule is C[C@H](N)Cn1ncc2ccc3c(c21)O[C@@H](CO)CO3. The molecule has 1 aromatic heterocycles. The van der Waals surface area contributed by atoms with Gasteiger partial charge in [-0.2, -0.15) is 5.10 Å². The topological polar surface area (TPSA) is 82.5 Å². The Morgan fingerprint density at radius 1 is 1.58 bits per heavy atom. The number of nitrogens with two attached hydrogens (primary N) is 1. The highest BCUT2D eigenvalue weighted by Gasteiger charge is 2.24. The summed E-state index contributed by atoms with van der Waals surface area (Å²) in [6, 6.07) is 3.81. The zero-order valence-corrected chi connectivity index (χ0v) is 10.7. The van der Waals surface area contributed by atoms with Crippen molar-refractivity contribution in [1.82, 2.24) is 9.78 Å². The van der Waals surface area contributed by atoms with Gasteiger partial charge in [0.15, 0.2) is 17.6 Å². The Hall–Kier alpha value is -1.79. The molecule has 2 atom stereocenters. The molecule has 1 aliphatic heterocycles. The molecule has 6 nitrogen and oxygen atoms in total. The number of nitrogens with zero attached hydrogens (tertiary/aromatic N) is 2. The predicted molar refractivity (Wildman–Crippen MR) is 70.4 cm³/mol. The molecule has 6 heteroatoms. The fourth-order valence-electron chi connectivity index (χ4n) is 2.24. The highest BCUT2D eigenvalue weighted by atomic mass is 16.6. The van der Waals surface area contributed by atoms with Crippen LogP contribution < -0.4 is 15.2 Å². The Morgan fingerprint density at radius 2 is 2.42 bits per heavy atom. The number of fused-ring (bicyclic) bond motifs is 3. The van der Waals surface area contributed by atoms with Crippen LogP contribution in [0.4, 0.5) is 0 Å². The van der Waals surface area contributed by atoms with E-state index < -0.39 is 0 Å². The molecule has 1 aliphatic rings. The molecule has 0 saturated carbocycles. The Bertz CT molecular complexity index is 594. The second kappa shape index (κ2) is 4.71. The Labute approximate surface area is 110 Å². The second-order valence-electron chi connectivity index (χ2n) is 4.87. The maximum absolute atomic E-state index is 9.21. The van der Waals surface area contributed by atoms with Crippen LogP contribution in [-0.4, -0.2) is 40.2 Å². The van der Waals surface area contributed by atoms with Crippen molar-refractivity contribution in [2.75, 3.05) is 13.2 Å². The molecule has 2 aromatic rings. The van der Waals surface area contributed by atoms with Crippen molar-refractivity contribution in [2.24, 2.45) is 5.73 Å². The van der Waals surface area contributed by atoms with Crippen molar-refractivity contribution < 1.29 is 14.6 Å². The fraction of sp³-hybridized carbons (Fsp3) is 0.462. The van der Waals surface area contributed by atoms with Crippen LogP contribution in [0.25, 0.3) is 10.9 Å². The maximum Gasteiger partial charge on any atom is 0.187 e. The largest absolute Gasteiger partial charge is 0.486 e. The van der Waals surface area contributed by atoms with E-state index in [-0.39, 0.29) is 18.8 Å². The summed E-state index contributed by atoms with van der Waals surface area (Å²) >= 11 is 0. The Morgan fingerprint density at radius 3 is 3.16 bits per heavy atom. The van der Waals surface area contributed by atoms with E-state index in [2.05, 4.69) is 5.10 Å². The molecule has 1 aromatic carbocycles. The summed E-state index contributed by atoms with van der Waals surface area (Å²) in [5.41, 5.74) is 6.70. The van der Waals surface area contributed by atoms with Gasteiger partial charge >= 0.3 is 0 Å². The van der Waals surface area contributed by atoms with Crippen molar-refractivity contribution in [2.45, 2.75) is 25.6 Å². The van der Waals surface area contributed by atoms with Crippen LogP contribution in [0.15, 0.2) is 18.3 Å². The maximum atomic E-state index is 9.21. The standard InChI is InChI=1S/C13H17N3O3/c1-8(14)5-16-12-9(4-15-16)2-3-11-13(12)19-10(6-17)7-18-11/h2-4,8,10,17H,5-7,14H2,1H3/t8-,10-/m0/s1. The number of benzene rings is 1. The molecule has 0 aliphatic carbocycles. The van der Waals surface area contributed by atoms with Crippen LogP contribution in [0.1, 0.15) is 6.92 Å². The van der Waals surface area contributed by atoms with Crippen LogP contribution in [0.2, 0.25) is 0 Å². The first-order valence-corrected chi connectivity index (χ1v) is 6.33. The molecule has 0 radical (unpaired) electrons. The van der Waals surface area contributed by atoms with Gasteiger partial charge in [-0.3, -0.25) is 4.68 Å². The predicted octanol–water partition coefficient (Wildman–Crippen LogP) is 0.516. The van der Waals surface area contributed by atoms with Crippen LogP contribution in [0, 0.1) is 0 Å². The van der Waals surface area contributed by atoms with Crippen molar-refractivity contribution in [1.29, 1.82) is 0 Å². The van der Waals surface area contributed by atoms with Gasteiger partial charge in [-0.1, -0.05) is 0 Å². The lowest BCUT2D eigenvalue weighted by molar-refractivity contribution is 0.0468. The second-order valence-corrected chi connectivity index (χ2v) is 4.87. The lowest BCUT2D eigenvalue weighted by Crippen LogP contribution is -2.32. The summed E-state index contributed by atoms with van der Waals surface area (Å²) < 4.78 is 13.2. The van der Waals surface area contributed by atoms with Gasteiger partial charge in [-0.05, 0) is 19.1 Å². The van der Waals surface area contributed by atoms with Gasteiger partial charge in [-0.25, -0.2) is 0 Å². The van der Waals surface area contributed by atoms with Crippen molar-refractivity contribution in [3.8, 4) is 11.5 Å². The van der Waals surface area contributed by atoms with E-state index in [9.17, 15) is 5.11 Å². The smallest absolute Gasteiger partial charge is 0.187 e. The summed E-state index contributed by atoms with van der Waals surface area (Å²) in [5, 5.41) is 14.5. The first-order valence-electron chi connectivity index (χ1n) is 6.33. The van der Waals surface area contributed by atoms with E-state index in [0.717, 1.165) is 10.9 Å². The van der Waals surface area contributed by atoms with Crippen molar-refractivity contribution in [3.63, 3.8) is 0 Å². The van der Waals surface area contributed by atoms with Crippen LogP contribution >= 0.6 is 0 Å². The third-order valence-corrected chi connectivity index (χ3v) is 3.09. The monoisotopic (exact) mass is 263 g/mol. The fourth-order valence-corrected chi connectivity index (χ4v) is 2.24. The van der Waals surface area contributed by atoms with E-state index in [1.165, 1.54) is 0 Å². The molecule has 0 amide bonds. The lowest BCUT2D eigenvalue weighted by atomic mass is 10.2. The summed E-state index contributed by atoms with van der Waals surface area (Å²) in [6.07, 6.45) is 1.45. The van der Waals surface area contributed by atoms with E-state index in [4.69, 9.17) is 15.2 Å². The Balaban J connectivity index is 2.11. The normalized spacial score (nSPS) is 19.6.